The van der Waals surface area contributed by atoms with Gasteiger partial charge >= 0.3 is 12.0 Å². The molecule has 21 heavy (non-hydrogen) atoms. The molecule has 2 N–H and O–H groups in total. The van der Waals surface area contributed by atoms with Crippen LogP contribution in [0.3, 0.4) is 0 Å². The number of hydrogen-bond donors (Lipinski definition) is 2. The predicted molar refractivity (Wildman–Crippen MR) is 73.7 cm³/mol. The number of halogens is 1. The Morgan fingerprint density at radius 1 is 1.24 bits per heavy atom. The number of carboxylic acid groups (broad SMARTS) is 1. The number of carboxylic acids is 1. The van der Waals surface area contributed by atoms with Crippen molar-refractivity contribution in [3.63, 3.8) is 0 Å². The Hall–Kier alpha value is -2.64. The van der Waals surface area contributed by atoms with E-state index in [2.05, 4.69) is 5.32 Å². The Balaban J connectivity index is 2.89. The average molecular weight is 297 g/mol. The number of rotatable bonds is 4. The number of hydrogen-bond acceptors (Lipinski definition) is 3. The van der Waals surface area contributed by atoms with Crippen molar-refractivity contribution in [3.8, 4) is 0 Å². The lowest BCUT2D eigenvalue weighted by molar-refractivity contribution is -0.129. The van der Waals surface area contributed by atoms with Crippen molar-refractivity contribution in [1.82, 2.24) is 9.80 Å². The molecule has 0 aliphatic rings. The van der Waals surface area contributed by atoms with Crippen molar-refractivity contribution >= 4 is 23.6 Å². The molecule has 1 aromatic rings. The smallest absolute Gasteiger partial charge is 0.337 e. The lowest BCUT2D eigenvalue weighted by Gasteiger charge is -2.20. The zero-order chi connectivity index (χ0) is 16.2. The van der Waals surface area contributed by atoms with E-state index in [4.69, 9.17) is 5.11 Å². The van der Waals surface area contributed by atoms with Crippen molar-refractivity contribution in [2.45, 2.75) is 0 Å². The minimum absolute atomic E-state index is 0.213. The molecular weight excluding hydrogens is 281 g/mol. The van der Waals surface area contributed by atoms with Crippen LogP contribution in [-0.2, 0) is 4.79 Å². The second-order valence-electron chi connectivity index (χ2n) is 4.54. The van der Waals surface area contributed by atoms with Crippen LogP contribution in [0.15, 0.2) is 18.2 Å². The van der Waals surface area contributed by atoms with Crippen LogP contribution < -0.4 is 5.32 Å². The summed E-state index contributed by atoms with van der Waals surface area (Å²) in [4.78, 5) is 36.7. The quantitative estimate of drug-likeness (QED) is 0.870. The van der Waals surface area contributed by atoms with Gasteiger partial charge in [0.05, 0.1) is 11.3 Å². The maximum Gasteiger partial charge on any atom is 0.337 e. The van der Waals surface area contributed by atoms with Crippen molar-refractivity contribution in [1.29, 1.82) is 0 Å². The van der Waals surface area contributed by atoms with E-state index in [-0.39, 0.29) is 18.0 Å². The van der Waals surface area contributed by atoms with Gasteiger partial charge in [-0.3, -0.25) is 4.79 Å². The third-order valence-corrected chi connectivity index (χ3v) is 2.69. The summed E-state index contributed by atoms with van der Waals surface area (Å²) in [5, 5.41) is 11.1. The standard InChI is InChI=1S/C13H16FN3O4/c1-16(2)10(18)7-17(3)13(21)15-11-8(12(19)20)5-4-6-9(11)14/h4-6H,7H2,1-3H3,(H,15,21)(H,19,20). The summed E-state index contributed by atoms with van der Waals surface area (Å²) in [5.41, 5.74) is -0.796. The van der Waals surface area contributed by atoms with Crippen molar-refractivity contribution in [3.05, 3.63) is 29.6 Å². The van der Waals surface area contributed by atoms with Crippen LogP contribution in [0.5, 0.6) is 0 Å². The maximum atomic E-state index is 13.7. The summed E-state index contributed by atoms with van der Waals surface area (Å²) in [6.07, 6.45) is 0. The van der Waals surface area contributed by atoms with Gasteiger partial charge in [-0.15, -0.1) is 0 Å². The minimum Gasteiger partial charge on any atom is -0.478 e. The molecule has 0 fully saturated rings. The Labute approximate surface area is 120 Å². The molecule has 0 heterocycles. The fourth-order valence-electron chi connectivity index (χ4n) is 1.45. The lowest BCUT2D eigenvalue weighted by Crippen LogP contribution is -2.40. The van der Waals surface area contributed by atoms with Crippen LogP contribution >= 0.6 is 0 Å². The molecule has 0 unspecified atom stereocenters. The number of nitrogens with one attached hydrogen (secondary N) is 1. The highest BCUT2D eigenvalue weighted by atomic mass is 19.1. The average Bonchev–Trinajstić information content (AvgIpc) is 2.40. The summed E-state index contributed by atoms with van der Waals surface area (Å²) in [7, 11) is 4.42. The Kier molecular flexibility index (Phi) is 5.23. The summed E-state index contributed by atoms with van der Waals surface area (Å²) in [6, 6.07) is 2.66. The number of carbonyl (C=O) groups is 3. The van der Waals surface area contributed by atoms with E-state index >= 15 is 0 Å². The molecule has 0 aliphatic heterocycles. The van der Waals surface area contributed by atoms with E-state index in [9.17, 15) is 18.8 Å². The summed E-state index contributed by atoms with van der Waals surface area (Å²) in [6.45, 7) is -0.213. The van der Waals surface area contributed by atoms with Crippen LogP contribution in [0.25, 0.3) is 0 Å². The molecule has 1 rings (SSSR count). The highest BCUT2D eigenvalue weighted by Crippen LogP contribution is 2.20. The number of para-hydroxylation sites is 1. The third-order valence-electron chi connectivity index (χ3n) is 2.69. The molecule has 0 atom stereocenters. The van der Waals surface area contributed by atoms with Gasteiger partial charge in [0.1, 0.15) is 12.4 Å². The van der Waals surface area contributed by atoms with Crippen molar-refractivity contribution in [2.24, 2.45) is 0 Å². The van der Waals surface area contributed by atoms with E-state index in [1.165, 1.54) is 38.2 Å². The van der Waals surface area contributed by atoms with Gasteiger partial charge < -0.3 is 20.2 Å². The monoisotopic (exact) mass is 297 g/mol. The number of anilines is 1. The van der Waals surface area contributed by atoms with Gasteiger partial charge in [-0.25, -0.2) is 14.0 Å². The predicted octanol–water partition coefficient (Wildman–Crippen LogP) is 1.08. The second-order valence-corrected chi connectivity index (χ2v) is 4.54. The molecule has 1 aromatic carbocycles. The molecule has 8 heteroatoms. The van der Waals surface area contributed by atoms with Gasteiger partial charge in [0.25, 0.3) is 0 Å². The van der Waals surface area contributed by atoms with Gasteiger partial charge in [0.15, 0.2) is 0 Å². The van der Waals surface area contributed by atoms with Crippen LogP contribution in [0.4, 0.5) is 14.9 Å². The van der Waals surface area contributed by atoms with Gasteiger partial charge in [0.2, 0.25) is 5.91 Å². The van der Waals surface area contributed by atoms with Crippen LogP contribution in [0.1, 0.15) is 10.4 Å². The highest BCUT2D eigenvalue weighted by Gasteiger charge is 2.19. The van der Waals surface area contributed by atoms with Crippen molar-refractivity contribution in [2.75, 3.05) is 33.0 Å². The number of nitrogens with zero attached hydrogens (tertiary/aromatic N) is 2. The fraction of sp³-hybridized carbons (Fsp3) is 0.308. The zero-order valence-corrected chi connectivity index (χ0v) is 11.9. The molecule has 0 saturated carbocycles. The molecule has 0 spiro atoms. The van der Waals surface area contributed by atoms with Crippen LogP contribution in [0.2, 0.25) is 0 Å². The van der Waals surface area contributed by atoms with E-state index in [0.29, 0.717) is 0 Å². The number of benzene rings is 1. The normalized spacial score (nSPS) is 9.90. The van der Waals surface area contributed by atoms with Crippen molar-refractivity contribution < 1.29 is 23.9 Å². The highest BCUT2D eigenvalue weighted by molar-refractivity contribution is 6.00. The molecule has 0 saturated heterocycles. The number of carbonyl (C=O) groups excluding carboxylic acids is 2. The largest absolute Gasteiger partial charge is 0.478 e. The molecule has 0 aromatic heterocycles. The lowest BCUT2D eigenvalue weighted by atomic mass is 10.1. The first-order chi connectivity index (χ1) is 9.73. The second kappa shape index (κ2) is 6.69. The first-order valence-electron chi connectivity index (χ1n) is 5.98. The first kappa shape index (κ1) is 16.4. The molecule has 7 nitrogen and oxygen atoms in total. The Morgan fingerprint density at radius 2 is 1.86 bits per heavy atom. The topological polar surface area (TPSA) is 90.0 Å². The SMILES string of the molecule is CN(C)C(=O)CN(C)C(=O)Nc1c(F)cccc1C(=O)O. The fourth-order valence-corrected chi connectivity index (χ4v) is 1.45. The molecule has 0 radical (unpaired) electrons. The molecule has 114 valence electrons. The maximum absolute atomic E-state index is 13.7. The minimum atomic E-state index is -1.36. The number of aromatic carboxylic acids is 1. The molecule has 3 amide bonds. The Morgan fingerprint density at radius 3 is 2.38 bits per heavy atom. The molecular formula is C13H16FN3O4. The van der Waals surface area contributed by atoms with Gasteiger partial charge in [-0.05, 0) is 12.1 Å². The zero-order valence-electron chi connectivity index (χ0n) is 11.9. The summed E-state index contributed by atoms with van der Waals surface area (Å²) in [5.74, 6) is -2.55. The summed E-state index contributed by atoms with van der Waals surface area (Å²) < 4.78 is 13.7. The van der Waals surface area contributed by atoms with Crippen LogP contribution in [-0.4, -0.2) is 60.5 Å². The van der Waals surface area contributed by atoms with Crippen LogP contribution in [0, 0.1) is 5.82 Å². The van der Waals surface area contributed by atoms with E-state index in [0.717, 1.165) is 11.0 Å². The number of amides is 3. The summed E-state index contributed by atoms with van der Waals surface area (Å²) >= 11 is 0. The Bertz CT molecular complexity index is 575. The van der Waals surface area contributed by atoms with Gasteiger partial charge in [-0.1, -0.05) is 6.07 Å². The first-order valence-corrected chi connectivity index (χ1v) is 5.98. The van der Waals surface area contributed by atoms with E-state index < -0.39 is 23.5 Å². The third kappa shape index (κ3) is 4.16. The molecule has 0 aliphatic carbocycles. The molecule has 0 bridgehead atoms. The van der Waals surface area contributed by atoms with E-state index in [1.54, 1.807) is 0 Å². The number of likely N-dealkylation sites (N-methyl/N-ethyl adjacent to an activating group) is 2. The van der Waals surface area contributed by atoms with Gasteiger partial charge in [0, 0.05) is 21.1 Å². The van der Waals surface area contributed by atoms with E-state index in [1.807, 2.05) is 0 Å². The van der Waals surface area contributed by atoms with Gasteiger partial charge in [-0.2, -0.15) is 0 Å². The number of urea groups is 1.